The number of halogens is 1. The van der Waals surface area contributed by atoms with E-state index in [0.717, 1.165) is 11.5 Å². The van der Waals surface area contributed by atoms with Crippen LogP contribution in [0.5, 0.6) is 0 Å². The highest BCUT2D eigenvalue weighted by molar-refractivity contribution is 7.09. The maximum absolute atomic E-state index is 14.4. The molecule has 1 aliphatic carbocycles. The first kappa shape index (κ1) is 15.7. The number of benzene rings is 1. The van der Waals surface area contributed by atoms with Gasteiger partial charge in [0.25, 0.3) is 0 Å². The van der Waals surface area contributed by atoms with E-state index in [2.05, 4.69) is 26.2 Å². The number of amides is 1. The van der Waals surface area contributed by atoms with Crippen LogP contribution in [0.25, 0.3) is 0 Å². The van der Waals surface area contributed by atoms with E-state index in [-0.39, 0.29) is 0 Å². The van der Waals surface area contributed by atoms with Gasteiger partial charge in [-0.1, -0.05) is 15.7 Å². The molecule has 10 heteroatoms. The van der Waals surface area contributed by atoms with Gasteiger partial charge in [0.2, 0.25) is 5.13 Å². The minimum Gasteiger partial charge on any atom is -0.442 e. The number of aromatic nitrogens is 3. The normalized spacial score (nSPS) is 20.9. The fourth-order valence-electron chi connectivity index (χ4n) is 2.87. The molecule has 2 aromatic rings. The van der Waals surface area contributed by atoms with Crippen molar-refractivity contribution in [3.8, 4) is 6.07 Å². The summed E-state index contributed by atoms with van der Waals surface area (Å²) >= 11 is 1.10. The second-order valence-electron chi connectivity index (χ2n) is 6.02. The fourth-order valence-corrected chi connectivity index (χ4v) is 3.24. The van der Waals surface area contributed by atoms with Gasteiger partial charge in [0.1, 0.15) is 11.9 Å². The van der Waals surface area contributed by atoms with E-state index >= 15 is 0 Å². The van der Waals surface area contributed by atoms with Crippen molar-refractivity contribution in [2.75, 3.05) is 23.3 Å². The molecule has 4 rings (SSSR count). The summed E-state index contributed by atoms with van der Waals surface area (Å²) in [6.07, 6.45) is 0.406. The average Bonchev–Trinajstić information content (AvgIpc) is 3.04. The third kappa shape index (κ3) is 2.87. The van der Waals surface area contributed by atoms with Gasteiger partial charge in [0.15, 0.2) is 0 Å². The highest BCUT2D eigenvalue weighted by Crippen LogP contribution is 2.48. The molecular weight excluding hydrogens is 347 g/mol. The lowest BCUT2D eigenvalue weighted by Gasteiger charge is -2.15. The summed E-state index contributed by atoms with van der Waals surface area (Å²) in [6.45, 7) is 0.650. The van der Waals surface area contributed by atoms with Crippen molar-refractivity contribution in [3.63, 3.8) is 0 Å². The molecule has 0 unspecified atom stereocenters. The molecule has 1 aliphatic heterocycles. The predicted molar refractivity (Wildman–Crippen MR) is 86.7 cm³/mol. The minimum atomic E-state index is -0.698. The number of rotatable bonds is 5. The van der Waals surface area contributed by atoms with Crippen LogP contribution in [0.4, 0.5) is 20.0 Å². The molecule has 128 valence electrons. The van der Waals surface area contributed by atoms with Crippen molar-refractivity contribution >= 4 is 28.4 Å². The largest absolute Gasteiger partial charge is 0.442 e. The molecule has 2 aliphatic rings. The molecular formula is C15H13FN6O2S. The van der Waals surface area contributed by atoms with Crippen LogP contribution in [0.3, 0.4) is 0 Å². The molecule has 0 radical (unpaired) electrons. The fraction of sp³-hybridized carbons (Fsp3) is 0.400. The van der Waals surface area contributed by atoms with Crippen LogP contribution >= 0.6 is 11.5 Å². The molecule has 8 nitrogen and oxygen atoms in total. The van der Waals surface area contributed by atoms with Crippen molar-refractivity contribution < 1.29 is 13.9 Å². The summed E-state index contributed by atoms with van der Waals surface area (Å²) in [5.74, 6) is -0.467. The van der Waals surface area contributed by atoms with Gasteiger partial charge >= 0.3 is 6.09 Å². The SMILES string of the molecule is N#CC1(c2ccc(N3C[C@H](CNc4nnns4)OC3=O)cc2F)CC1. The van der Waals surface area contributed by atoms with E-state index < -0.39 is 23.4 Å². The highest BCUT2D eigenvalue weighted by Gasteiger charge is 2.47. The van der Waals surface area contributed by atoms with Crippen molar-refractivity contribution in [2.24, 2.45) is 0 Å². The van der Waals surface area contributed by atoms with Crippen molar-refractivity contribution in [1.29, 1.82) is 5.26 Å². The summed E-state index contributed by atoms with van der Waals surface area (Å²) in [7, 11) is 0. The number of nitrogens with one attached hydrogen (secondary N) is 1. The number of nitrogens with zero attached hydrogens (tertiary/aromatic N) is 5. The maximum Gasteiger partial charge on any atom is 0.414 e. The Morgan fingerprint density at radius 3 is 3.00 bits per heavy atom. The quantitative estimate of drug-likeness (QED) is 0.870. The van der Waals surface area contributed by atoms with E-state index in [0.29, 0.717) is 42.3 Å². The molecule has 1 N–H and O–H groups in total. The molecule has 1 amide bonds. The van der Waals surface area contributed by atoms with Crippen LogP contribution in [0.2, 0.25) is 0 Å². The second kappa shape index (κ2) is 5.93. The molecule has 2 heterocycles. The summed E-state index contributed by atoms with van der Waals surface area (Å²) in [6, 6.07) is 6.71. The number of hydrogen-bond acceptors (Lipinski definition) is 8. The molecule has 1 aromatic heterocycles. The Bertz CT molecular complexity index is 848. The highest BCUT2D eigenvalue weighted by atomic mass is 32.1. The van der Waals surface area contributed by atoms with Crippen LogP contribution in [0.1, 0.15) is 18.4 Å². The number of cyclic esters (lactones) is 1. The number of anilines is 2. The average molecular weight is 360 g/mol. The van der Waals surface area contributed by atoms with Gasteiger partial charge in [-0.3, -0.25) is 4.90 Å². The Kier molecular flexibility index (Phi) is 3.73. The third-order valence-corrected chi connectivity index (χ3v) is 4.95. The summed E-state index contributed by atoms with van der Waals surface area (Å²) in [4.78, 5) is 13.5. The van der Waals surface area contributed by atoms with Crippen molar-refractivity contribution in [1.82, 2.24) is 14.8 Å². The van der Waals surface area contributed by atoms with Crippen molar-refractivity contribution in [3.05, 3.63) is 29.6 Å². The van der Waals surface area contributed by atoms with E-state index in [4.69, 9.17) is 4.74 Å². The molecule has 1 saturated heterocycles. The van der Waals surface area contributed by atoms with Gasteiger partial charge in [0.05, 0.1) is 30.3 Å². The number of carbonyl (C=O) groups is 1. The number of carbonyl (C=O) groups excluding carboxylic acids is 1. The van der Waals surface area contributed by atoms with Gasteiger partial charge in [-0.05, 0) is 30.2 Å². The van der Waals surface area contributed by atoms with Gasteiger partial charge in [-0.25, -0.2) is 9.18 Å². The van der Waals surface area contributed by atoms with Gasteiger partial charge in [-0.15, -0.1) is 0 Å². The standard InChI is InChI=1S/C15H13FN6O2S/c16-12-5-9(1-2-11(12)15(8-17)3-4-15)22-7-10(24-14(22)23)6-18-13-19-20-21-25-13/h1-2,5,10H,3-4,6-7H2,(H,18,19,21)/t10-/m0/s1. The topological polar surface area (TPSA) is 104 Å². The van der Waals surface area contributed by atoms with Crippen LogP contribution in [-0.2, 0) is 10.2 Å². The van der Waals surface area contributed by atoms with Crippen molar-refractivity contribution in [2.45, 2.75) is 24.4 Å². The van der Waals surface area contributed by atoms with Gasteiger partial charge < -0.3 is 10.1 Å². The maximum atomic E-state index is 14.4. The Labute approximate surface area is 146 Å². The Hall–Kier alpha value is -2.80. The molecule has 2 fully saturated rings. The molecule has 0 bridgehead atoms. The third-order valence-electron chi connectivity index (χ3n) is 4.40. The van der Waals surface area contributed by atoms with E-state index in [1.165, 1.54) is 11.0 Å². The van der Waals surface area contributed by atoms with E-state index in [1.54, 1.807) is 12.1 Å². The molecule has 1 atom stereocenters. The number of hydrogen-bond donors (Lipinski definition) is 1. The van der Waals surface area contributed by atoms with Gasteiger partial charge in [-0.2, -0.15) is 5.26 Å². The molecule has 0 spiro atoms. The lowest BCUT2D eigenvalue weighted by Crippen LogP contribution is -2.27. The Morgan fingerprint density at radius 1 is 1.52 bits per heavy atom. The number of nitriles is 1. The molecule has 1 aromatic carbocycles. The molecule has 1 saturated carbocycles. The lowest BCUT2D eigenvalue weighted by molar-refractivity contribution is 0.147. The minimum absolute atomic E-state index is 0.292. The zero-order valence-corrected chi connectivity index (χ0v) is 13.8. The van der Waals surface area contributed by atoms with E-state index in [1.807, 2.05) is 0 Å². The zero-order chi connectivity index (χ0) is 17.4. The summed E-state index contributed by atoms with van der Waals surface area (Å²) < 4.78 is 23.3. The molecule has 25 heavy (non-hydrogen) atoms. The van der Waals surface area contributed by atoms with Gasteiger partial charge in [0, 0.05) is 17.1 Å². The van der Waals surface area contributed by atoms with Crippen LogP contribution in [0, 0.1) is 17.1 Å². The first-order chi connectivity index (χ1) is 12.1. The first-order valence-electron chi connectivity index (χ1n) is 7.70. The summed E-state index contributed by atoms with van der Waals surface area (Å²) in [5.41, 5.74) is 0.115. The zero-order valence-electron chi connectivity index (χ0n) is 13.0. The lowest BCUT2D eigenvalue weighted by atomic mass is 9.97. The number of ether oxygens (including phenoxy) is 1. The smallest absolute Gasteiger partial charge is 0.414 e. The predicted octanol–water partition coefficient (Wildman–Crippen LogP) is 2.06. The monoisotopic (exact) mass is 360 g/mol. The van der Waals surface area contributed by atoms with Crippen LogP contribution in [-0.4, -0.2) is 40.1 Å². The summed E-state index contributed by atoms with van der Waals surface area (Å²) in [5, 5.41) is 19.9. The Balaban J connectivity index is 1.46. The second-order valence-corrected chi connectivity index (χ2v) is 6.76. The Morgan fingerprint density at radius 2 is 2.36 bits per heavy atom. The first-order valence-corrected chi connectivity index (χ1v) is 8.47. The van der Waals surface area contributed by atoms with Crippen LogP contribution < -0.4 is 10.2 Å². The van der Waals surface area contributed by atoms with E-state index in [9.17, 15) is 14.4 Å². The van der Waals surface area contributed by atoms with Crippen LogP contribution in [0.15, 0.2) is 18.2 Å².